The summed E-state index contributed by atoms with van der Waals surface area (Å²) in [5.74, 6) is 0.368. The van der Waals surface area contributed by atoms with E-state index in [0.717, 1.165) is 37.3 Å². The number of amides is 1. The maximum atomic E-state index is 11.9. The second-order valence-corrected chi connectivity index (χ2v) is 5.79. The number of nitrogens with zero attached hydrogens (tertiary/aromatic N) is 1. The maximum absolute atomic E-state index is 11.9. The van der Waals surface area contributed by atoms with E-state index >= 15 is 0 Å². The fraction of sp³-hybridized carbons (Fsp3) is 0.562. The predicted molar refractivity (Wildman–Crippen MR) is 83.8 cm³/mol. The molecular formula is C16H25N3O2. The molecule has 2 rings (SSSR count). The van der Waals surface area contributed by atoms with Gasteiger partial charge in [0.2, 0.25) is 5.91 Å². The molecule has 1 amide bonds. The first kappa shape index (κ1) is 15.9. The molecule has 116 valence electrons. The molecule has 0 bridgehead atoms. The van der Waals surface area contributed by atoms with Crippen molar-refractivity contribution < 1.29 is 9.90 Å². The SMILES string of the molecule is CC(O)C1CCN(CCC(=O)Nc2ccc(CN)cc2)C1. The van der Waals surface area contributed by atoms with Crippen molar-refractivity contribution in [3.05, 3.63) is 29.8 Å². The van der Waals surface area contributed by atoms with E-state index in [9.17, 15) is 9.90 Å². The monoisotopic (exact) mass is 291 g/mol. The fourth-order valence-electron chi connectivity index (χ4n) is 2.67. The highest BCUT2D eigenvalue weighted by molar-refractivity contribution is 5.90. The van der Waals surface area contributed by atoms with Gasteiger partial charge in [-0.15, -0.1) is 0 Å². The van der Waals surface area contributed by atoms with Gasteiger partial charge >= 0.3 is 0 Å². The highest BCUT2D eigenvalue weighted by Gasteiger charge is 2.25. The lowest BCUT2D eigenvalue weighted by Crippen LogP contribution is -2.27. The number of aliphatic hydroxyl groups is 1. The standard InChI is InChI=1S/C16H25N3O2/c1-12(20)14-6-8-19(11-14)9-7-16(21)18-15-4-2-13(10-17)3-5-15/h2-5,12,14,20H,6-11,17H2,1H3,(H,18,21). The number of hydrogen-bond acceptors (Lipinski definition) is 4. The number of benzene rings is 1. The number of rotatable bonds is 6. The summed E-state index contributed by atoms with van der Waals surface area (Å²) in [6.45, 7) is 4.94. The molecule has 0 spiro atoms. The predicted octanol–water partition coefficient (Wildman–Crippen LogP) is 1.18. The first-order valence-electron chi connectivity index (χ1n) is 7.57. The summed E-state index contributed by atoms with van der Waals surface area (Å²) in [5.41, 5.74) is 7.40. The number of anilines is 1. The van der Waals surface area contributed by atoms with Crippen molar-refractivity contribution in [3.63, 3.8) is 0 Å². The van der Waals surface area contributed by atoms with E-state index in [1.54, 1.807) is 0 Å². The van der Waals surface area contributed by atoms with Gasteiger partial charge in [0.15, 0.2) is 0 Å². The van der Waals surface area contributed by atoms with Gasteiger partial charge in [-0.1, -0.05) is 12.1 Å². The van der Waals surface area contributed by atoms with Crippen molar-refractivity contribution >= 4 is 11.6 Å². The molecule has 0 aliphatic carbocycles. The Morgan fingerprint density at radius 1 is 1.48 bits per heavy atom. The summed E-state index contributed by atoms with van der Waals surface area (Å²) < 4.78 is 0. The Morgan fingerprint density at radius 3 is 2.76 bits per heavy atom. The van der Waals surface area contributed by atoms with Crippen LogP contribution >= 0.6 is 0 Å². The summed E-state index contributed by atoms with van der Waals surface area (Å²) in [5, 5.41) is 12.5. The molecule has 0 aromatic heterocycles. The smallest absolute Gasteiger partial charge is 0.225 e. The Hall–Kier alpha value is -1.43. The number of hydrogen-bond donors (Lipinski definition) is 3. The largest absolute Gasteiger partial charge is 0.393 e. The van der Waals surface area contributed by atoms with Crippen LogP contribution in [-0.2, 0) is 11.3 Å². The Kier molecular flexibility index (Phi) is 5.73. The van der Waals surface area contributed by atoms with Crippen LogP contribution in [-0.4, -0.2) is 41.7 Å². The van der Waals surface area contributed by atoms with Crippen LogP contribution in [0.4, 0.5) is 5.69 Å². The number of carbonyl (C=O) groups is 1. The molecule has 5 nitrogen and oxygen atoms in total. The average Bonchev–Trinajstić information content (AvgIpc) is 2.95. The molecule has 1 saturated heterocycles. The number of carbonyl (C=O) groups excluding carboxylic acids is 1. The zero-order chi connectivity index (χ0) is 15.2. The summed E-state index contributed by atoms with van der Waals surface area (Å²) in [6.07, 6.45) is 1.23. The quantitative estimate of drug-likeness (QED) is 0.735. The third-order valence-electron chi connectivity index (χ3n) is 4.12. The molecular weight excluding hydrogens is 266 g/mol. The van der Waals surface area contributed by atoms with Crippen LogP contribution < -0.4 is 11.1 Å². The highest BCUT2D eigenvalue weighted by Crippen LogP contribution is 2.19. The zero-order valence-corrected chi connectivity index (χ0v) is 12.6. The molecule has 1 aromatic rings. The summed E-state index contributed by atoms with van der Waals surface area (Å²) in [7, 11) is 0. The van der Waals surface area contributed by atoms with Gasteiger partial charge in [0.05, 0.1) is 6.10 Å². The Bertz CT molecular complexity index is 459. The van der Waals surface area contributed by atoms with Crippen molar-refractivity contribution in [1.29, 1.82) is 0 Å². The lowest BCUT2D eigenvalue weighted by molar-refractivity contribution is -0.116. The van der Waals surface area contributed by atoms with Crippen molar-refractivity contribution in [2.24, 2.45) is 11.7 Å². The number of likely N-dealkylation sites (tertiary alicyclic amines) is 1. The first-order valence-corrected chi connectivity index (χ1v) is 7.57. The average molecular weight is 291 g/mol. The topological polar surface area (TPSA) is 78.6 Å². The second kappa shape index (κ2) is 7.54. The normalized spacial score (nSPS) is 20.4. The molecule has 2 unspecified atom stereocenters. The molecule has 1 aliphatic rings. The molecule has 1 fully saturated rings. The maximum Gasteiger partial charge on any atom is 0.225 e. The molecule has 1 aliphatic heterocycles. The van der Waals surface area contributed by atoms with Crippen molar-refractivity contribution in [2.75, 3.05) is 25.0 Å². The molecule has 1 heterocycles. The second-order valence-electron chi connectivity index (χ2n) is 5.79. The number of nitrogens with one attached hydrogen (secondary N) is 1. The van der Waals surface area contributed by atoms with E-state index in [2.05, 4.69) is 10.2 Å². The lowest BCUT2D eigenvalue weighted by Gasteiger charge is -2.17. The zero-order valence-electron chi connectivity index (χ0n) is 12.6. The molecule has 4 N–H and O–H groups in total. The van der Waals surface area contributed by atoms with Gasteiger partial charge in [0.1, 0.15) is 0 Å². The summed E-state index contributed by atoms with van der Waals surface area (Å²) in [4.78, 5) is 14.2. The molecule has 1 aromatic carbocycles. The minimum absolute atomic E-state index is 0.0241. The van der Waals surface area contributed by atoms with Crippen LogP contribution in [0.1, 0.15) is 25.3 Å². The van der Waals surface area contributed by atoms with Crippen LogP contribution in [0.15, 0.2) is 24.3 Å². The molecule has 2 atom stereocenters. The highest BCUT2D eigenvalue weighted by atomic mass is 16.3. The van der Waals surface area contributed by atoms with Gasteiger partial charge < -0.3 is 21.1 Å². The Labute approximate surface area is 126 Å². The van der Waals surface area contributed by atoms with E-state index < -0.39 is 0 Å². The third kappa shape index (κ3) is 4.81. The number of aliphatic hydroxyl groups excluding tert-OH is 1. The van der Waals surface area contributed by atoms with Gasteiger partial charge in [0, 0.05) is 31.7 Å². The van der Waals surface area contributed by atoms with Crippen LogP contribution in [0.25, 0.3) is 0 Å². The van der Waals surface area contributed by atoms with Crippen LogP contribution in [0.2, 0.25) is 0 Å². The van der Waals surface area contributed by atoms with Gasteiger partial charge in [-0.3, -0.25) is 4.79 Å². The Balaban J connectivity index is 1.72. The van der Waals surface area contributed by atoms with Gasteiger partial charge in [-0.2, -0.15) is 0 Å². The van der Waals surface area contributed by atoms with Crippen molar-refractivity contribution in [1.82, 2.24) is 4.90 Å². The first-order chi connectivity index (χ1) is 10.1. The van der Waals surface area contributed by atoms with Crippen LogP contribution in [0, 0.1) is 5.92 Å². The van der Waals surface area contributed by atoms with E-state index in [0.29, 0.717) is 18.9 Å². The van der Waals surface area contributed by atoms with E-state index in [-0.39, 0.29) is 12.0 Å². The summed E-state index contributed by atoms with van der Waals surface area (Å²) in [6, 6.07) is 7.59. The van der Waals surface area contributed by atoms with Gasteiger partial charge in [-0.25, -0.2) is 0 Å². The molecule has 0 saturated carbocycles. The van der Waals surface area contributed by atoms with Crippen LogP contribution in [0.5, 0.6) is 0 Å². The van der Waals surface area contributed by atoms with Gasteiger partial charge in [-0.05, 0) is 43.5 Å². The minimum atomic E-state index is -0.259. The molecule has 21 heavy (non-hydrogen) atoms. The number of nitrogens with two attached hydrogens (primary N) is 1. The summed E-state index contributed by atoms with van der Waals surface area (Å²) >= 11 is 0. The lowest BCUT2D eigenvalue weighted by atomic mass is 10.0. The van der Waals surface area contributed by atoms with E-state index in [1.807, 2.05) is 31.2 Å². The van der Waals surface area contributed by atoms with E-state index in [1.165, 1.54) is 0 Å². The minimum Gasteiger partial charge on any atom is -0.393 e. The third-order valence-corrected chi connectivity index (χ3v) is 4.12. The van der Waals surface area contributed by atoms with Crippen molar-refractivity contribution in [3.8, 4) is 0 Å². The van der Waals surface area contributed by atoms with Crippen LogP contribution in [0.3, 0.4) is 0 Å². The van der Waals surface area contributed by atoms with Gasteiger partial charge in [0.25, 0.3) is 0 Å². The molecule has 0 radical (unpaired) electrons. The fourth-order valence-corrected chi connectivity index (χ4v) is 2.67. The van der Waals surface area contributed by atoms with Crippen molar-refractivity contribution in [2.45, 2.75) is 32.4 Å². The molecule has 5 heteroatoms. The Morgan fingerprint density at radius 2 is 2.19 bits per heavy atom. The van der Waals surface area contributed by atoms with E-state index in [4.69, 9.17) is 5.73 Å².